The Kier molecular flexibility index (Phi) is 7.55. The number of rotatable bonds is 4. The van der Waals surface area contributed by atoms with E-state index in [1.54, 1.807) is 0 Å². The normalized spacial score (nSPS) is 20.1. The number of esters is 1. The molecule has 3 N–H and O–H groups in total. The summed E-state index contributed by atoms with van der Waals surface area (Å²) >= 11 is 0. The number of carbonyl (C=O) groups excluding carboxylic acids is 1. The van der Waals surface area contributed by atoms with Gasteiger partial charge in [0.1, 0.15) is 12.8 Å². The van der Waals surface area contributed by atoms with Gasteiger partial charge in [-0.15, -0.1) is 0 Å². The van der Waals surface area contributed by atoms with Gasteiger partial charge >= 0.3 is 11.7 Å². The fourth-order valence-corrected chi connectivity index (χ4v) is 1.91. The summed E-state index contributed by atoms with van der Waals surface area (Å²) in [6.45, 7) is 4.19. The average molecular weight is 313 g/mol. The molecular weight excluding hydrogens is 290 g/mol. The monoisotopic (exact) mass is 313 g/mol. The number of hydrogen-bond donors (Lipinski definition) is 2. The number of aromatic amines is 1. The van der Waals surface area contributed by atoms with Crippen LogP contribution in [-0.4, -0.2) is 34.8 Å². The number of nitrogens with zero attached hydrogens (tertiary/aromatic N) is 1. The van der Waals surface area contributed by atoms with Gasteiger partial charge in [-0.25, -0.2) is 4.79 Å². The zero-order valence-corrected chi connectivity index (χ0v) is 12.9. The van der Waals surface area contributed by atoms with Crippen molar-refractivity contribution < 1.29 is 14.3 Å². The van der Waals surface area contributed by atoms with Crippen LogP contribution in [0.5, 0.6) is 0 Å². The lowest BCUT2D eigenvalue weighted by atomic mass is 10.2. The number of nitrogens with one attached hydrogen (secondary N) is 1. The quantitative estimate of drug-likeness (QED) is 0.763. The van der Waals surface area contributed by atoms with E-state index in [1.165, 1.54) is 23.3 Å². The fourth-order valence-electron chi connectivity index (χ4n) is 1.91. The molecule has 0 aromatic carbocycles. The average Bonchev–Trinajstić information content (AvgIpc) is 2.94. The van der Waals surface area contributed by atoms with Gasteiger partial charge in [0.25, 0.3) is 5.56 Å². The molecule has 1 fully saturated rings. The van der Waals surface area contributed by atoms with Crippen LogP contribution in [0.3, 0.4) is 0 Å². The first-order valence-corrected chi connectivity index (χ1v) is 7.34. The maximum absolute atomic E-state index is 11.6. The van der Waals surface area contributed by atoms with E-state index in [2.05, 4.69) is 18.8 Å². The Morgan fingerprint density at radius 1 is 1.45 bits per heavy atom. The molecular formula is C14H23N3O5. The lowest BCUT2D eigenvalue weighted by molar-refractivity contribution is -0.146. The maximum atomic E-state index is 11.6. The summed E-state index contributed by atoms with van der Waals surface area (Å²) in [7, 11) is 0. The first kappa shape index (κ1) is 18.1. The van der Waals surface area contributed by atoms with Crippen molar-refractivity contribution in [1.29, 1.82) is 0 Å². The largest absolute Gasteiger partial charge is 0.462 e. The zero-order valence-electron chi connectivity index (χ0n) is 12.9. The van der Waals surface area contributed by atoms with Crippen LogP contribution < -0.4 is 17.0 Å². The predicted molar refractivity (Wildman–Crippen MR) is 80.4 cm³/mol. The fraction of sp³-hybridized carbons (Fsp3) is 0.643. The molecule has 0 amide bonds. The Bertz CT molecular complexity index is 580. The Morgan fingerprint density at radius 3 is 2.73 bits per heavy atom. The lowest BCUT2D eigenvalue weighted by Gasteiger charge is -2.15. The second-order valence-corrected chi connectivity index (χ2v) is 4.90. The third-order valence-electron chi connectivity index (χ3n) is 2.84. The smallest absolute Gasteiger partial charge is 0.330 e. The molecule has 8 nitrogen and oxygen atoms in total. The molecule has 1 aromatic rings. The van der Waals surface area contributed by atoms with Gasteiger partial charge in [-0.2, -0.15) is 0 Å². The Morgan fingerprint density at radius 2 is 2.14 bits per heavy atom. The van der Waals surface area contributed by atoms with Crippen LogP contribution in [0.4, 0.5) is 0 Å². The molecule has 1 saturated heterocycles. The number of aromatic nitrogens is 2. The molecule has 2 rings (SSSR count). The van der Waals surface area contributed by atoms with Crippen molar-refractivity contribution in [3.05, 3.63) is 33.1 Å². The molecule has 0 spiro atoms. The van der Waals surface area contributed by atoms with Crippen molar-refractivity contribution in [3.8, 4) is 0 Å². The highest BCUT2D eigenvalue weighted by Crippen LogP contribution is 2.26. The Labute approximate surface area is 128 Å². The molecule has 2 unspecified atom stereocenters. The van der Waals surface area contributed by atoms with Gasteiger partial charge in [0.2, 0.25) is 0 Å². The first-order valence-electron chi connectivity index (χ1n) is 7.34. The Hall–Kier alpha value is -1.93. The molecule has 22 heavy (non-hydrogen) atoms. The number of carbonyl (C=O) groups is 1. The lowest BCUT2D eigenvalue weighted by Crippen LogP contribution is -2.32. The molecule has 0 radical (unpaired) electrons. The molecule has 124 valence electrons. The van der Waals surface area contributed by atoms with Crippen LogP contribution in [0.25, 0.3) is 0 Å². The van der Waals surface area contributed by atoms with Crippen molar-refractivity contribution >= 4 is 5.97 Å². The van der Waals surface area contributed by atoms with Gasteiger partial charge in [-0.05, 0) is 12.8 Å². The van der Waals surface area contributed by atoms with Gasteiger partial charge < -0.3 is 15.2 Å². The molecule has 0 saturated carbocycles. The van der Waals surface area contributed by atoms with Crippen molar-refractivity contribution in [2.75, 3.05) is 13.2 Å². The molecule has 2 heterocycles. The van der Waals surface area contributed by atoms with Crippen LogP contribution in [0.2, 0.25) is 0 Å². The van der Waals surface area contributed by atoms with Crippen LogP contribution >= 0.6 is 0 Å². The van der Waals surface area contributed by atoms with E-state index >= 15 is 0 Å². The van der Waals surface area contributed by atoms with Gasteiger partial charge in [0.15, 0.2) is 0 Å². The third kappa shape index (κ3) is 5.45. The summed E-state index contributed by atoms with van der Waals surface area (Å²) in [6.07, 6.45) is 3.19. The van der Waals surface area contributed by atoms with Crippen LogP contribution in [0, 0.1) is 0 Å². The van der Waals surface area contributed by atoms with Gasteiger partial charge in [0, 0.05) is 12.3 Å². The number of nitrogens with two attached hydrogens (primary N) is 1. The number of H-pyrrole nitrogens is 1. The van der Waals surface area contributed by atoms with Crippen molar-refractivity contribution in [2.24, 2.45) is 5.73 Å². The van der Waals surface area contributed by atoms with Crippen LogP contribution in [0.15, 0.2) is 21.9 Å². The van der Waals surface area contributed by atoms with E-state index in [1.807, 2.05) is 0 Å². The zero-order chi connectivity index (χ0) is 16.5. The summed E-state index contributed by atoms with van der Waals surface area (Å²) in [6, 6.07) is 1.26. The molecule has 8 heteroatoms. The third-order valence-corrected chi connectivity index (χ3v) is 2.84. The minimum absolute atomic E-state index is 0.116. The second-order valence-electron chi connectivity index (χ2n) is 4.90. The molecule has 0 aliphatic carbocycles. The number of hydrogen-bond acceptors (Lipinski definition) is 6. The van der Waals surface area contributed by atoms with Crippen molar-refractivity contribution in [3.63, 3.8) is 0 Å². The van der Waals surface area contributed by atoms with Gasteiger partial charge in [-0.3, -0.25) is 19.1 Å². The SMILES string of the molecule is CCC.NCC(=O)OCC1CCC(n2ccc(=O)[nH]c2=O)O1. The first-order chi connectivity index (χ1) is 10.5. The van der Waals surface area contributed by atoms with E-state index in [0.717, 1.165) is 0 Å². The highest BCUT2D eigenvalue weighted by atomic mass is 16.6. The van der Waals surface area contributed by atoms with E-state index < -0.39 is 23.4 Å². The van der Waals surface area contributed by atoms with E-state index in [0.29, 0.717) is 12.8 Å². The minimum atomic E-state index is -0.517. The van der Waals surface area contributed by atoms with Crippen LogP contribution in [-0.2, 0) is 14.3 Å². The van der Waals surface area contributed by atoms with E-state index in [9.17, 15) is 14.4 Å². The molecule has 1 aliphatic heterocycles. The molecule has 1 aliphatic rings. The summed E-state index contributed by atoms with van der Waals surface area (Å²) in [4.78, 5) is 35.6. The van der Waals surface area contributed by atoms with Crippen LogP contribution in [0.1, 0.15) is 39.3 Å². The summed E-state index contributed by atoms with van der Waals surface area (Å²) < 4.78 is 11.8. The van der Waals surface area contributed by atoms with Crippen molar-refractivity contribution in [2.45, 2.75) is 45.4 Å². The Balaban J connectivity index is 0.000000745. The summed E-state index contributed by atoms with van der Waals surface area (Å²) in [5, 5.41) is 0. The predicted octanol–water partition coefficient (Wildman–Crippen LogP) is 0.132. The van der Waals surface area contributed by atoms with Gasteiger partial charge in [0.05, 0.1) is 12.6 Å². The summed E-state index contributed by atoms with van der Waals surface area (Å²) in [5.74, 6) is -0.492. The van der Waals surface area contributed by atoms with E-state index in [4.69, 9.17) is 15.2 Å². The standard InChI is InChI=1S/C11H15N3O5.C3H8/c12-5-10(16)18-6-7-1-2-9(19-7)14-4-3-8(15)13-11(14)17;1-3-2/h3-4,7,9H,1-2,5-6,12H2,(H,13,15,17);3H2,1-2H3. The van der Waals surface area contributed by atoms with Gasteiger partial charge in [-0.1, -0.05) is 20.3 Å². The highest BCUT2D eigenvalue weighted by Gasteiger charge is 2.28. The minimum Gasteiger partial charge on any atom is -0.462 e. The number of ether oxygens (including phenoxy) is 2. The highest BCUT2D eigenvalue weighted by molar-refractivity contribution is 5.71. The molecule has 1 aromatic heterocycles. The van der Waals surface area contributed by atoms with E-state index in [-0.39, 0.29) is 19.3 Å². The second kappa shape index (κ2) is 9.16. The maximum Gasteiger partial charge on any atom is 0.330 e. The molecule has 0 bridgehead atoms. The van der Waals surface area contributed by atoms with Crippen molar-refractivity contribution in [1.82, 2.24) is 9.55 Å². The molecule has 2 atom stereocenters. The topological polar surface area (TPSA) is 116 Å². The summed E-state index contributed by atoms with van der Waals surface area (Å²) in [5.41, 5.74) is 4.15.